The van der Waals surface area contributed by atoms with E-state index in [9.17, 15) is 5.11 Å². The van der Waals surface area contributed by atoms with Gasteiger partial charge in [-0.2, -0.15) is 5.10 Å². The summed E-state index contributed by atoms with van der Waals surface area (Å²) in [4.78, 5) is 0. The molecule has 0 aliphatic heterocycles. The smallest absolute Gasteiger partial charge is 0.120 e. The molecule has 2 rings (SSSR count). The van der Waals surface area contributed by atoms with Crippen LogP contribution in [0.2, 0.25) is 0 Å². The van der Waals surface area contributed by atoms with Gasteiger partial charge in [-0.1, -0.05) is 24.0 Å². The van der Waals surface area contributed by atoms with Crippen molar-refractivity contribution < 1.29 is 5.11 Å². The molecule has 0 unspecified atom stereocenters. The molecule has 0 saturated heterocycles. The van der Waals surface area contributed by atoms with Crippen LogP contribution in [0.1, 0.15) is 25.0 Å². The number of anilines is 1. The molecule has 22 heavy (non-hydrogen) atoms. The van der Waals surface area contributed by atoms with Crippen LogP contribution >= 0.6 is 22.6 Å². The summed E-state index contributed by atoms with van der Waals surface area (Å²) < 4.78 is 1.19. The Morgan fingerprint density at radius 3 is 2.32 bits per heavy atom. The van der Waals surface area contributed by atoms with Gasteiger partial charge in [0.05, 0.1) is 11.9 Å². The molecular weight excluding hydrogens is 387 g/mol. The van der Waals surface area contributed by atoms with Gasteiger partial charge in [0, 0.05) is 9.13 Å². The van der Waals surface area contributed by atoms with Crippen LogP contribution < -0.4 is 5.43 Å². The molecule has 0 fully saturated rings. The first-order valence-corrected chi connectivity index (χ1v) is 7.90. The van der Waals surface area contributed by atoms with Gasteiger partial charge < -0.3 is 5.11 Å². The fraction of sp³-hybridized carbons (Fsp3) is 0.167. The van der Waals surface area contributed by atoms with E-state index in [1.165, 1.54) is 3.57 Å². The minimum Gasteiger partial charge on any atom is -0.378 e. The second-order valence-electron chi connectivity index (χ2n) is 5.31. The van der Waals surface area contributed by atoms with Gasteiger partial charge in [0.1, 0.15) is 5.60 Å². The number of hydrazone groups is 1. The lowest BCUT2D eigenvalue weighted by Crippen LogP contribution is -2.14. The van der Waals surface area contributed by atoms with E-state index in [0.717, 1.165) is 16.8 Å². The maximum Gasteiger partial charge on any atom is 0.120 e. The first-order chi connectivity index (χ1) is 10.4. The van der Waals surface area contributed by atoms with Crippen molar-refractivity contribution in [2.24, 2.45) is 5.10 Å². The fourth-order valence-electron chi connectivity index (χ4n) is 1.58. The summed E-state index contributed by atoms with van der Waals surface area (Å²) in [6, 6.07) is 15.7. The van der Waals surface area contributed by atoms with Gasteiger partial charge in [-0.05, 0) is 78.4 Å². The molecule has 0 spiro atoms. The van der Waals surface area contributed by atoms with E-state index < -0.39 is 5.60 Å². The van der Waals surface area contributed by atoms with Crippen molar-refractivity contribution in [2.75, 3.05) is 5.43 Å². The third kappa shape index (κ3) is 5.88. The molecule has 2 aromatic rings. The number of nitrogens with one attached hydrogen (secondary N) is 1. The topological polar surface area (TPSA) is 44.6 Å². The Kier molecular flexibility index (Phi) is 5.58. The number of rotatable bonds is 3. The van der Waals surface area contributed by atoms with E-state index in [1.807, 2.05) is 48.5 Å². The number of nitrogens with zero attached hydrogens (tertiary/aromatic N) is 1. The van der Waals surface area contributed by atoms with Gasteiger partial charge in [-0.25, -0.2) is 0 Å². The van der Waals surface area contributed by atoms with E-state index in [-0.39, 0.29) is 0 Å². The van der Waals surface area contributed by atoms with Gasteiger partial charge in [0.15, 0.2) is 0 Å². The van der Waals surface area contributed by atoms with Crippen molar-refractivity contribution in [3.05, 3.63) is 63.2 Å². The van der Waals surface area contributed by atoms with E-state index in [2.05, 4.69) is 45.0 Å². The summed E-state index contributed by atoms with van der Waals surface area (Å²) in [5, 5.41) is 13.8. The Balaban J connectivity index is 1.97. The Hall–Kier alpha value is -1.84. The predicted molar refractivity (Wildman–Crippen MR) is 100.0 cm³/mol. The highest BCUT2D eigenvalue weighted by Gasteiger charge is 2.05. The number of hydrogen-bond acceptors (Lipinski definition) is 3. The maximum atomic E-state index is 9.57. The fourth-order valence-corrected chi connectivity index (χ4v) is 1.94. The van der Waals surface area contributed by atoms with Crippen LogP contribution in [0, 0.1) is 15.4 Å². The van der Waals surface area contributed by atoms with Crippen molar-refractivity contribution in [2.45, 2.75) is 19.4 Å². The van der Waals surface area contributed by atoms with E-state index in [4.69, 9.17) is 0 Å². The lowest BCUT2D eigenvalue weighted by Gasteiger charge is -2.05. The van der Waals surface area contributed by atoms with Crippen molar-refractivity contribution in [1.29, 1.82) is 0 Å². The Labute approximate surface area is 144 Å². The van der Waals surface area contributed by atoms with Crippen LogP contribution in [0.3, 0.4) is 0 Å². The van der Waals surface area contributed by atoms with Crippen molar-refractivity contribution in [1.82, 2.24) is 0 Å². The van der Waals surface area contributed by atoms with Crippen LogP contribution in [0.4, 0.5) is 5.69 Å². The third-order valence-corrected chi connectivity index (χ3v) is 3.39. The summed E-state index contributed by atoms with van der Waals surface area (Å²) in [5.74, 6) is 5.72. The van der Waals surface area contributed by atoms with Crippen molar-refractivity contribution in [3.8, 4) is 11.8 Å². The van der Waals surface area contributed by atoms with Crippen molar-refractivity contribution >= 4 is 34.5 Å². The highest BCUT2D eigenvalue weighted by Crippen LogP contribution is 2.11. The van der Waals surface area contributed by atoms with Gasteiger partial charge in [0.2, 0.25) is 0 Å². The SMILES string of the molecule is CC(C)(O)C#Cc1ccc(C=NNc2ccc(I)cc2)cc1. The summed E-state index contributed by atoms with van der Waals surface area (Å²) in [6.45, 7) is 3.33. The summed E-state index contributed by atoms with van der Waals surface area (Å²) in [6.07, 6.45) is 1.76. The molecule has 0 aliphatic carbocycles. The second-order valence-corrected chi connectivity index (χ2v) is 6.55. The minimum atomic E-state index is -0.975. The average Bonchev–Trinajstić information content (AvgIpc) is 2.48. The molecule has 0 heterocycles. The first kappa shape index (κ1) is 16.5. The monoisotopic (exact) mass is 404 g/mol. The van der Waals surface area contributed by atoms with Crippen LogP contribution in [-0.2, 0) is 0 Å². The minimum absolute atomic E-state index is 0.866. The Morgan fingerprint density at radius 1 is 1.09 bits per heavy atom. The van der Waals surface area contributed by atoms with Crippen LogP contribution in [0.5, 0.6) is 0 Å². The zero-order valence-electron chi connectivity index (χ0n) is 12.5. The zero-order valence-corrected chi connectivity index (χ0v) is 14.6. The van der Waals surface area contributed by atoms with Crippen LogP contribution in [-0.4, -0.2) is 16.9 Å². The molecule has 0 aliphatic rings. The number of benzene rings is 2. The predicted octanol–water partition coefficient (Wildman–Crippen LogP) is 3.86. The molecule has 0 aromatic heterocycles. The Morgan fingerprint density at radius 2 is 1.73 bits per heavy atom. The lowest BCUT2D eigenvalue weighted by molar-refractivity contribution is 0.143. The molecule has 112 valence electrons. The normalized spacial score (nSPS) is 11.1. The maximum absolute atomic E-state index is 9.57. The lowest BCUT2D eigenvalue weighted by atomic mass is 10.1. The molecule has 3 nitrogen and oxygen atoms in total. The quantitative estimate of drug-likeness (QED) is 0.353. The van der Waals surface area contributed by atoms with Gasteiger partial charge in [-0.3, -0.25) is 5.43 Å². The largest absolute Gasteiger partial charge is 0.378 e. The van der Waals surface area contributed by atoms with Gasteiger partial charge in [0.25, 0.3) is 0 Å². The first-order valence-electron chi connectivity index (χ1n) is 6.83. The van der Waals surface area contributed by atoms with Crippen molar-refractivity contribution in [3.63, 3.8) is 0 Å². The molecule has 2 N–H and O–H groups in total. The van der Waals surface area contributed by atoms with Gasteiger partial charge in [-0.15, -0.1) is 0 Å². The summed E-state index contributed by atoms with van der Waals surface area (Å²) >= 11 is 2.27. The summed E-state index contributed by atoms with van der Waals surface area (Å²) in [7, 11) is 0. The number of aliphatic hydroxyl groups is 1. The standard InChI is InChI=1S/C18H17IN2O/c1-18(2,22)12-11-14-3-5-15(6-4-14)13-20-21-17-9-7-16(19)8-10-17/h3-10,13,21-22H,1-2H3. The average molecular weight is 404 g/mol. The zero-order chi connectivity index (χ0) is 16.0. The van der Waals surface area contributed by atoms with E-state index >= 15 is 0 Å². The molecule has 0 atom stereocenters. The van der Waals surface area contributed by atoms with E-state index in [0.29, 0.717) is 0 Å². The second kappa shape index (κ2) is 7.43. The highest BCUT2D eigenvalue weighted by molar-refractivity contribution is 14.1. The third-order valence-electron chi connectivity index (χ3n) is 2.67. The summed E-state index contributed by atoms with van der Waals surface area (Å²) in [5.41, 5.74) is 4.80. The van der Waals surface area contributed by atoms with Gasteiger partial charge >= 0.3 is 0 Å². The molecular formula is C18H17IN2O. The molecule has 0 bridgehead atoms. The molecule has 0 radical (unpaired) electrons. The molecule has 4 heteroatoms. The van der Waals surface area contributed by atoms with Crippen LogP contribution in [0.15, 0.2) is 53.6 Å². The number of hydrogen-bond donors (Lipinski definition) is 2. The highest BCUT2D eigenvalue weighted by atomic mass is 127. The van der Waals surface area contributed by atoms with Crippen LogP contribution in [0.25, 0.3) is 0 Å². The molecule has 0 amide bonds. The molecule has 2 aromatic carbocycles. The van der Waals surface area contributed by atoms with E-state index in [1.54, 1.807) is 20.1 Å². The number of halogens is 1. The molecule has 0 saturated carbocycles. The Bertz CT molecular complexity index is 702.